The van der Waals surface area contributed by atoms with Crippen LogP contribution in [0.5, 0.6) is 0 Å². The van der Waals surface area contributed by atoms with Crippen molar-refractivity contribution in [2.45, 2.75) is 26.0 Å². The average Bonchev–Trinajstić information content (AvgIpc) is 2.64. The van der Waals surface area contributed by atoms with Gasteiger partial charge in [-0.15, -0.1) is 0 Å². The van der Waals surface area contributed by atoms with Gasteiger partial charge in [0, 0.05) is 12.1 Å². The smallest absolute Gasteiger partial charge is 0.411 e. The molecule has 138 valence electrons. The molecule has 0 heterocycles. The number of carboxylic acids is 1. The molecular weight excluding hydrogens is 344 g/mol. The Morgan fingerprint density at radius 3 is 2.31 bits per heavy atom. The van der Waals surface area contributed by atoms with Crippen molar-refractivity contribution in [3.8, 4) is 0 Å². The van der Waals surface area contributed by atoms with Crippen molar-refractivity contribution in [3.05, 3.63) is 71.3 Å². The van der Waals surface area contributed by atoms with Gasteiger partial charge < -0.3 is 9.84 Å². The van der Waals surface area contributed by atoms with Crippen LogP contribution in [-0.2, 0) is 16.1 Å². The van der Waals surface area contributed by atoms with Gasteiger partial charge in [-0.3, -0.25) is 4.90 Å². The van der Waals surface area contributed by atoms with E-state index >= 15 is 0 Å². The van der Waals surface area contributed by atoms with Crippen LogP contribution in [-0.4, -0.2) is 28.6 Å². The third kappa shape index (κ3) is 4.78. The second kappa shape index (κ2) is 8.94. The quantitative estimate of drug-likeness (QED) is 0.791. The Morgan fingerprint density at radius 2 is 1.73 bits per heavy atom. The second-order valence-electron chi connectivity index (χ2n) is 5.54. The van der Waals surface area contributed by atoms with E-state index in [1.54, 1.807) is 31.2 Å². The molecule has 1 amide bonds. The molecule has 26 heavy (non-hydrogen) atoms. The minimum atomic E-state index is -2.73. The maximum absolute atomic E-state index is 12.9. The van der Waals surface area contributed by atoms with Crippen molar-refractivity contribution in [2.75, 3.05) is 6.54 Å². The molecule has 0 saturated heterocycles. The predicted octanol–water partition coefficient (Wildman–Crippen LogP) is 4.41. The zero-order valence-electron chi connectivity index (χ0n) is 14.1. The van der Waals surface area contributed by atoms with E-state index in [1.807, 2.05) is 6.07 Å². The van der Waals surface area contributed by atoms with Crippen molar-refractivity contribution >= 4 is 12.1 Å². The molecule has 0 aliphatic carbocycles. The summed E-state index contributed by atoms with van der Waals surface area (Å²) in [6.07, 6.45) is -3.56. The highest BCUT2D eigenvalue weighted by Crippen LogP contribution is 2.27. The molecule has 5 nitrogen and oxygen atoms in total. The van der Waals surface area contributed by atoms with Crippen molar-refractivity contribution in [1.29, 1.82) is 0 Å². The number of hydrogen-bond donors (Lipinski definition) is 1. The van der Waals surface area contributed by atoms with Crippen LogP contribution in [0.2, 0.25) is 0 Å². The zero-order valence-corrected chi connectivity index (χ0v) is 14.1. The highest BCUT2D eigenvalue weighted by atomic mass is 19.3. The van der Waals surface area contributed by atoms with Gasteiger partial charge in [-0.1, -0.05) is 48.5 Å². The first-order chi connectivity index (χ1) is 12.4. The number of aliphatic carboxylic acids is 1. The fourth-order valence-electron chi connectivity index (χ4n) is 2.54. The summed E-state index contributed by atoms with van der Waals surface area (Å²) in [5.74, 6) is -1.32. The summed E-state index contributed by atoms with van der Waals surface area (Å²) < 4.78 is 31.0. The summed E-state index contributed by atoms with van der Waals surface area (Å²) in [7, 11) is 0. The Balaban J connectivity index is 2.21. The molecule has 1 N–H and O–H groups in total. The molecule has 0 aliphatic rings. The van der Waals surface area contributed by atoms with Gasteiger partial charge in [0.15, 0.2) is 6.04 Å². The van der Waals surface area contributed by atoms with E-state index in [-0.39, 0.29) is 24.3 Å². The van der Waals surface area contributed by atoms with Gasteiger partial charge in [0.2, 0.25) is 0 Å². The number of rotatable bonds is 7. The third-order valence-electron chi connectivity index (χ3n) is 3.80. The minimum Gasteiger partial charge on any atom is -0.479 e. The van der Waals surface area contributed by atoms with E-state index < -0.39 is 24.5 Å². The van der Waals surface area contributed by atoms with Crippen LogP contribution in [0.4, 0.5) is 13.6 Å². The highest BCUT2D eigenvalue weighted by molar-refractivity contribution is 5.81. The molecule has 0 aliphatic heterocycles. The molecular formula is C19H19F2NO4. The largest absolute Gasteiger partial charge is 0.479 e. The summed E-state index contributed by atoms with van der Waals surface area (Å²) in [5.41, 5.74) is 0.541. The first-order valence-electron chi connectivity index (χ1n) is 8.02. The molecule has 2 aromatic rings. The minimum absolute atomic E-state index is 0.0143. The summed E-state index contributed by atoms with van der Waals surface area (Å²) >= 11 is 0. The van der Waals surface area contributed by atoms with Crippen LogP contribution >= 0.6 is 0 Å². The number of alkyl halides is 2. The monoisotopic (exact) mass is 363 g/mol. The number of amides is 1. The third-order valence-corrected chi connectivity index (χ3v) is 3.80. The second-order valence-corrected chi connectivity index (χ2v) is 5.54. The van der Waals surface area contributed by atoms with Gasteiger partial charge in [-0.25, -0.2) is 18.4 Å². The summed E-state index contributed by atoms with van der Waals surface area (Å²) in [6, 6.07) is 12.6. The summed E-state index contributed by atoms with van der Waals surface area (Å²) in [6.45, 7) is 1.62. The normalized spacial score (nSPS) is 11.8. The fraction of sp³-hybridized carbons (Fsp3) is 0.263. The topological polar surface area (TPSA) is 66.8 Å². The van der Waals surface area contributed by atoms with Crippen LogP contribution in [0, 0.1) is 0 Å². The number of nitrogens with zero attached hydrogens (tertiary/aromatic N) is 1. The first-order valence-corrected chi connectivity index (χ1v) is 8.02. The van der Waals surface area contributed by atoms with E-state index in [0.717, 1.165) is 16.5 Å². The molecule has 0 bridgehead atoms. The van der Waals surface area contributed by atoms with E-state index in [2.05, 4.69) is 0 Å². The standard InChI is InChI=1S/C19H19F2NO4/c1-2-22(19(25)26-12-13-7-4-3-5-8-13)16(18(23)24)14-9-6-10-15(11-14)17(20)21/h3-11,16-17H,2,12H2,1H3,(H,23,24). The van der Waals surface area contributed by atoms with Crippen molar-refractivity contribution < 1.29 is 28.2 Å². The van der Waals surface area contributed by atoms with Gasteiger partial charge in [-0.2, -0.15) is 0 Å². The fourth-order valence-corrected chi connectivity index (χ4v) is 2.54. The van der Waals surface area contributed by atoms with Gasteiger partial charge in [0.25, 0.3) is 6.43 Å². The Bertz CT molecular complexity index is 752. The summed E-state index contributed by atoms with van der Waals surface area (Å²) in [5, 5.41) is 9.55. The molecule has 0 spiro atoms. The van der Waals surface area contributed by atoms with E-state index in [9.17, 15) is 23.5 Å². The van der Waals surface area contributed by atoms with Crippen LogP contribution in [0.15, 0.2) is 54.6 Å². The van der Waals surface area contributed by atoms with Crippen LogP contribution < -0.4 is 0 Å². The predicted molar refractivity (Wildman–Crippen MR) is 90.8 cm³/mol. The molecule has 2 aromatic carbocycles. The molecule has 0 aromatic heterocycles. The lowest BCUT2D eigenvalue weighted by molar-refractivity contribution is -0.143. The molecule has 2 rings (SSSR count). The van der Waals surface area contributed by atoms with E-state index in [1.165, 1.54) is 18.2 Å². The van der Waals surface area contributed by atoms with Crippen LogP contribution in [0.25, 0.3) is 0 Å². The summed E-state index contributed by atoms with van der Waals surface area (Å²) in [4.78, 5) is 25.1. The van der Waals surface area contributed by atoms with Gasteiger partial charge in [0.1, 0.15) is 6.61 Å². The molecule has 1 atom stereocenters. The number of benzene rings is 2. The zero-order chi connectivity index (χ0) is 19.1. The Kier molecular flexibility index (Phi) is 6.66. The van der Waals surface area contributed by atoms with Gasteiger partial charge in [-0.05, 0) is 24.1 Å². The number of carboxylic acid groups (broad SMARTS) is 1. The first kappa shape index (κ1) is 19.4. The maximum atomic E-state index is 12.9. The molecule has 0 fully saturated rings. The number of carbonyl (C=O) groups excluding carboxylic acids is 1. The lowest BCUT2D eigenvalue weighted by Gasteiger charge is -2.27. The average molecular weight is 363 g/mol. The van der Waals surface area contributed by atoms with Crippen LogP contribution in [0.3, 0.4) is 0 Å². The van der Waals surface area contributed by atoms with Gasteiger partial charge >= 0.3 is 12.1 Å². The molecule has 0 saturated carbocycles. The lowest BCUT2D eigenvalue weighted by Crippen LogP contribution is -2.39. The molecule has 7 heteroatoms. The number of halogens is 2. The number of hydrogen-bond acceptors (Lipinski definition) is 3. The van der Waals surface area contributed by atoms with Crippen molar-refractivity contribution in [2.24, 2.45) is 0 Å². The van der Waals surface area contributed by atoms with E-state index in [0.29, 0.717) is 0 Å². The lowest BCUT2D eigenvalue weighted by atomic mass is 10.0. The number of carbonyl (C=O) groups is 2. The number of ether oxygens (including phenoxy) is 1. The van der Waals surface area contributed by atoms with E-state index in [4.69, 9.17) is 4.74 Å². The van der Waals surface area contributed by atoms with Crippen LogP contribution in [0.1, 0.15) is 36.1 Å². The molecule has 0 radical (unpaired) electrons. The molecule has 1 unspecified atom stereocenters. The Morgan fingerprint density at radius 1 is 1.08 bits per heavy atom. The maximum Gasteiger partial charge on any atom is 0.411 e. The van der Waals surface area contributed by atoms with Crippen molar-refractivity contribution in [1.82, 2.24) is 4.90 Å². The Labute approximate surface area is 149 Å². The highest BCUT2D eigenvalue weighted by Gasteiger charge is 2.31. The Hall–Kier alpha value is -2.96. The number of likely N-dealkylation sites (N-methyl/N-ethyl adjacent to an activating group) is 1. The SMILES string of the molecule is CCN(C(=O)OCc1ccccc1)C(C(=O)O)c1cccc(C(F)F)c1. The van der Waals surface area contributed by atoms with Crippen molar-refractivity contribution in [3.63, 3.8) is 0 Å². The van der Waals surface area contributed by atoms with Gasteiger partial charge in [0.05, 0.1) is 0 Å².